The van der Waals surface area contributed by atoms with E-state index in [1.807, 2.05) is 6.92 Å². The molecule has 0 radical (unpaired) electrons. The van der Waals surface area contributed by atoms with Gasteiger partial charge in [-0.15, -0.1) is 0 Å². The summed E-state index contributed by atoms with van der Waals surface area (Å²) < 4.78 is 0. The number of aryl methyl sites for hydroxylation is 1. The molecule has 0 saturated heterocycles. The predicted octanol–water partition coefficient (Wildman–Crippen LogP) is -0.771. The first-order valence-electron chi connectivity index (χ1n) is 4.42. The second kappa shape index (κ2) is 5.11. The number of likely N-dealkylation sites (N-methyl/N-ethyl adjacent to an activating group) is 1. The van der Waals surface area contributed by atoms with Crippen molar-refractivity contribution in [2.24, 2.45) is 5.84 Å². The number of anilines is 2. The molecule has 0 atom stereocenters. The first kappa shape index (κ1) is 11.2. The largest absolute Gasteiger partial charge is 0.361 e. The minimum Gasteiger partial charge on any atom is -0.361 e. The highest BCUT2D eigenvalue weighted by Crippen LogP contribution is 2.10. The fraction of sp³-hybridized carbons (Fsp3) is 0.375. The Bertz CT molecular complexity index is 353. The van der Waals surface area contributed by atoms with Crippen LogP contribution in [-0.2, 0) is 4.79 Å². The van der Waals surface area contributed by atoms with Crippen molar-refractivity contribution in [2.75, 3.05) is 24.3 Å². The van der Waals surface area contributed by atoms with Gasteiger partial charge in [-0.1, -0.05) is 0 Å². The average molecular weight is 210 g/mol. The van der Waals surface area contributed by atoms with E-state index in [1.165, 1.54) is 0 Å². The Morgan fingerprint density at radius 2 is 2.33 bits per heavy atom. The van der Waals surface area contributed by atoms with Gasteiger partial charge in [-0.2, -0.15) is 4.98 Å². The Hall–Kier alpha value is -1.89. The third-order valence-electron chi connectivity index (χ3n) is 1.80. The second-order valence-corrected chi connectivity index (χ2v) is 2.90. The van der Waals surface area contributed by atoms with Crippen LogP contribution in [0.15, 0.2) is 6.20 Å². The monoisotopic (exact) mass is 210 g/mol. The van der Waals surface area contributed by atoms with Gasteiger partial charge in [0.1, 0.15) is 5.82 Å². The summed E-state index contributed by atoms with van der Waals surface area (Å²) in [5, 5.41) is 5.38. The van der Waals surface area contributed by atoms with Crippen LogP contribution in [0.4, 0.5) is 11.8 Å². The molecular formula is C8H14N6O. The molecule has 0 aliphatic rings. The Morgan fingerprint density at radius 1 is 1.60 bits per heavy atom. The zero-order valence-corrected chi connectivity index (χ0v) is 8.66. The summed E-state index contributed by atoms with van der Waals surface area (Å²) in [6.07, 6.45) is 1.62. The van der Waals surface area contributed by atoms with Crippen LogP contribution in [0.2, 0.25) is 0 Å². The molecule has 1 heterocycles. The number of hydrogen-bond donors (Lipinski definition) is 4. The number of hydrogen-bond acceptors (Lipinski definition) is 6. The average Bonchev–Trinajstić information content (AvgIpc) is 2.27. The number of nitrogen functional groups attached to an aromatic ring is 1. The van der Waals surface area contributed by atoms with Crippen LogP contribution in [0.1, 0.15) is 5.56 Å². The van der Waals surface area contributed by atoms with Crippen molar-refractivity contribution in [1.29, 1.82) is 0 Å². The Morgan fingerprint density at radius 3 is 2.93 bits per heavy atom. The van der Waals surface area contributed by atoms with Gasteiger partial charge >= 0.3 is 0 Å². The molecule has 1 aromatic heterocycles. The Balaban J connectivity index is 2.70. The minimum absolute atomic E-state index is 0.115. The predicted molar refractivity (Wildman–Crippen MR) is 57.1 cm³/mol. The summed E-state index contributed by atoms with van der Waals surface area (Å²) in [5.74, 6) is 5.94. The van der Waals surface area contributed by atoms with Crippen molar-refractivity contribution in [3.05, 3.63) is 11.8 Å². The van der Waals surface area contributed by atoms with Crippen LogP contribution >= 0.6 is 0 Å². The molecule has 0 aromatic carbocycles. The molecule has 0 spiro atoms. The summed E-state index contributed by atoms with van der Waals surface area (Å²) >= 11 is 0. The van der Waals surface area contributed by atoms with E-state index in [9.17, 15) is 4.79 Å². The highest BCUT2D eigenvalue weighted by Gasteiger charge is 2.04. The summed E-state index contributed by atoms with van der Waals surface area (Å²) in [7, 11) is 1.57. The van der Waals surface area contributed by atoms with Crippen molar-refractivity contribution in [3.63, 3.8) is 0 Å². The minimum atomic E-state index is -0.115. The van der Waals surface area contributed by atoms with E-state index in [1.54, 1.807) is 13.2 Å². The van der Waals surface area contributed by atoms with E-state index < -0.39 is 0 Å². The number of nitrogens with one attached hydrogen (secondary N) is 3. The van der Waals surface area contributed by atoms with E-state index in [4.69, 9.17) is 5.84 Å². The van der Waals surface area contributed by atoms with Crippen molar-refractivity contribution in [3.8, 4) is 0 Å². The van der Waals surface area contributed by atoms with Gasteiger partial charge in [0.05, 0.1) is 6.54 Å². The van der Waals surface area contributed by atoms with Crippen LogP contribution in [0.3, 0.4) is 0 Å². The Kier molecular flexibility index (Phi) is 3.81. The van der Waals surface area contributed by atoms with E-state index in [0.29, 0.717) is 11.8 Å². The van der Waals surface area contributed by atoms with Crippen LogP contribution in [0, 0.1) is 6.92 Å². The number of carbonyl (C=O) groups is 1. The molecule has 1 amide bonds. The maximum atomic E-state index is 11.0. The van der Waals surface area contributed by atoms with Gasteiger partial charge in [0.25, 0.3) is 0 Å². The molecule has 7 heteroatoms. The highest BCUT2D eigenvalue weighted by molar-refractivity contribution is 5.80. The number of rotatable bonds is 4. The topological polar surface area (TPSA) is 105 Å². The molecule has 15 heavy (non-hydrogen) atoms. The third-order valence-corrected chi connectivity index (χ3v) is 1.80. The molecule has 1 rings (SSSR count). The molecule has 5 N–H and O–H groups in total. The van der Waals surface area contributed by atoms with Crippen molar-refractivity contribution < 1.29 is 4.79 Å². The lowest BCUT2D eigenvalue weighted by Crippen LogP contribution is -2.26. The number of hydrazine groups is 1. The van der Waals surface area contributed by atoms with E-state index >= 15 is 0 Å². The van der Waals surface area contributed by atoms with Gasteiger partial charge < -0.3 is 10.6 Å². The fourth-order valence-electron chi connectivity index (χ4n) is 0.943. The van der Waals surface area contributed by atoms with Gasteiger partial charge in [-0.25, -0.2) is 10.8 Å². The SMILES string of the molecule is CNC(=O)CNc1nc(NN)ncc1C. The second-order valence-electron chi connectivity index (χ2n) is 2.90. The van der Waals surface area contributed by atoms with Crippen LogP contribution in [0.5, 0.6) is 0 Å². The van der Waals surface area contributed by atoms with Crippen LogP contribution < -0.4 is 21.9 Å². The third kappa shape index (κ3) is 3.06. The maximum Gasteiger partial charge on any atom is 0.239 e. The van der Waals surface area contributed by atoms with Crippen molar-refractivity contribution >= 4 is 17.7 Å². The van der Waals surface area contributed by atoms with Crippen LogP contribution in [0.25, 0.3) is 0 Å². The van der Waals surface area contributed by atoms with Gasteiger partial charge in [0, 0.05) is 18.8 Å². The molecule has 0 aliphatic heterocycles. The van der Waals surface area contributed by atoms with E-state index in [-0.39, 0.29) is 12.5 Å². The molecule has 0 saturated carbocycles. The lowest BCUT2D eigenvalue weighted by Gasteiger charge is -2.08. The molecule has 0 bridgehead atoms. The van der Waals surface area contributed by atoms with E-state index in [0.717, 1.165) is 5.56 Å². The standard InChI is InChI=1S/C8H14N6O/c1-5-3-12-8(14-9)13-7(5)11-4-6(15)10-2/h3H,4,9H2,1-2H3,(H,10,15)(H2,11,12,13,14). The molecule has 0 aliphatic carbocycles. The van der Waals surface area contributed by atoms with Crippen molar-refractivity contribution in [1.82, 2.24) is 15.3 Å². The summed E-state index contributed by atoms with van der Waals surface area (Å²) in [5.41, 5.74) is 3.18. The Labute approximate surface area is 87.5 Å². The molecule has 0 fully saturated rings. The highest BCUT2D eigenvalue weighted by atomic mass is 16.1. The van der Waals surface area contributed by atoms with E-state index in [2.05, 4.69) is 26.0 Å². The number of nitrogens with zero attached hydrogens (tertiary/aromatic N) is 2. The lowest BCUT2D eigenvalue weighted by atomic mass is 10.3. The smallest absolute Gasteiger partial charge is 0.239 e. The quantitative estimate of drug-likeness (QED) is 0.384. The van der Waals surface area contributed by atoms with Gasteiger partial charge in [-0.05, 0) is 6.92 Å². The first-order chi connectivity index (χ1) is 7.17. The summed E-state index contributed by atoms with van der Waals surface area (Å²) in [6, 6.07) is 0. The molecule has 82 valence electrons. The number of amides is 1. The normalized spacial score (nSPS) is 9.53. The molecular weight excluding hydrogens is 196 g/mol. The van der Waals surface area contributed by atoms with Crippen LogP contribution in [-0.4, -0.2) is 29.5 Å². The zero-order valence-electron chi connectivity index (χ0n) is 8.66. The molecule has 7 nitrogen and oxygen atoms in total. The summed E-state index contributed by atoms with van der Waals surface area (Å²) in [4.78, 5) is 19.0. The van der Waals surface area contributed by atoms with Gasteiger partial charge in [0.15, 0.2) is 0 Å². The number of nitrogens with two attached hydrogens (primary N) is 1. The van der Waals surface area contributed by atoms with Gasteiger partial charge in [0.2, 0.25) is 11.9 Å². The van der Waals surface area contributed by atoms with Crippen molar-refractivity contribution in [2.45, 2.75) is 6.92 Å². The number of carbonyl (C=O) groups excluding carboxylic acids is 1. The number of aromatic nitrogens is 2. The summed E-state index contributed by atoms with van der Waals surface area (Å²) in [6.45, 7) is 2.00. The molecule has 1 aromatic rings. The fourth-order valence-corrected chi connectivity index (χ4v) is 0.943. The lowest BCUT2D eigenvalue weighted by molar-refractivity contribution is -0.118. The maximum absolute atomic E-state index is 11.0. The van der Waals surface area contributed by atoms with Gasteiger partial charge in [-0.3, -0.25) is 10.2 Å². The first-order valence-corrected chi connectivity index (χ1v) is 4.42. The molecule has 0 unspecified atom stereocenters. The zero-order chi connectivity index (χ0) is 11.3.